The summed E-state index contributed by atoms with van der Waals surface area (Å²) >= 11 is 5.73. The lowest BCUT2D eigenvalue weighted by molar-refractivity contribution is 1.23. The normalized spacial score (nSPS) is 10.7. The first kappa shape index (κ1) is 9.28. The summed E-state index contributed by atoms with van der Waals surface area (Å²) in [6.07, 6.45) is 0. The second-order valence-electron chi connectivity index (χ2n) is 3.34. The first-order valence-electron chi connectivity index (χ1n) is 4.39. The molecule has 0 amide bonds. The van der Waals surface area contributed by atoms with Crippen LogP contribution in [0.4, 0.5) is 0 Å². The van der Waals surface area contributed by atoms with Gasteiger partial charge in [-0.3, -0.25) is 4.79 Å². The predicted molar refractivity (Wildman–Crippen MR) is 58.9 cm³/mol. The van der Waals surface area contributed by atoms with Gasteiger partial charge in [-0.1, -0.05) is 6.07 Å². The summed E-state index contributed by atoms with van der Waals surface area (Å²) in [6.45, 7) is 1.80. The smallest absolute Gasteiger partial charge is 0.251 e. The molecule has 72 valence electrons. The van der Waals surface area contributed by atoms with Gasteiger partial charge in [0.15, 0.2) is 0 Å². The van der Waals surface area contributed by atoms with Gasteiger partial charge in [-0.2, -0.15) is 0 Å². The number of benzene rings is 1. The van der Waals surface area contributed by atoms with E-state index in [1.54, 1.807) is 6.92 Å². The molecule has 1 heterocycles. The summed E-state index contributed by atoms with van der Waals surface area (Å²) in [5.41, 5.74) is 2.61. The van der Waals surface area contributed by atoms with Crippen LogP contribution in [0, 0.1) is 6.92 Å². The van der Waals surface area contributed by atoms with E-state index < -0.39 is 0 Å². The van der Waals surface area contributed by atoms with E-state index >= 15 is 0 Å². The van der Waals surface area contributed by atoms with E-state index in [1.807, 2.05) is 24.3 Å². The number of halogens is 1. The molecule has 2 nitrogen and oxygen atoms in total. The van der Waals surface area contributed by atoms with Crippen LogP contribution in [-0.2, 0) is 5.88 Å². The highest BCUT2D eigenvalue weighted by atomic mass is 35.5. The van der Waals surface area contributed by atoms with E-state index in [2.05, 4.69) is 4.98 Å². The fourth-order valence-corrected chi connectivity index (χ4v) is 1.61. The number of aromatic amines is 1. The maximum Gasteiger partial charge on any atom is 0.251 e. The van der Waals surface area contributed by atoms with Crippen LogP contribution in [0.1, 0.15) is 11.1 Å². The molecule has 1 N–H and O–H groups in total. The van der Waals surface area contributed by atoms with Gasteiger partial charge in [-0.05, 0) is 36.1 Å². The maximum absolute atomic E-state index is 11.3. The van der Waals surface area contributed by atoms with E-state index in [-0.39, 0.29) is 5.56 Å². The molecule has 0 saturated carbocycles. The number of aromatic nitrogens is 1. The maximum atomic E-state index is 11.3. The zero-order valence-electron chi connectivity index (χ0n) is 7.80. The van der Waals surface area contributed by atoms with Gasteiger partial charge < -0.3 is 4.98 Å². The second kappa shape index (κ2) is 3.46. The molecule has 0 aliphatic rings. The number of H-pyrrole nitrogens is 1. The van der Waals surface area contributed by atoms with Crippen molar-refractivity contribution in [2.75, 3.05) is 0 Å². The molecule has 0 bridgehead atoms. The number of aryl methyl sites for hydroxylation is 1. The Kier molecular flexibility index (Phi) is 2.30. The summed E-state index contributed by atoms with van der Waals surface area (Å²) in [5.74, 6) is 0.494. The first-order chi connectivity index (χ1) is 6.70. The molecule has 0 aliphatic heterocycles. The van der Waals surface area contributed by atoms with E-state index in [4.69, 9.17) is 11.6 Å². The molecule has 0 atom stereocenters. The quantitative estimate of drug-likeness (QED) is 0.717. The highest BCUT2D eigenvalue weighted by Gasteiger charge is 1.99. The minimum absolute atomic E-state index is 0.0314. The number of rotatable bonds is 1. The van der Waals surface area contributed by atoms with Crippen LogP contribution in [0.3, 0.4) is 0 Å². The summed E-state index contributed by atoms with van der Waals surface area (Å²) in [7, 11) is 0. The minimum Gasteiger partial charge on any atom is -0.322 e. The predicted octanol–water partition coefficient (Wildman–Crippen LogP) is 2.58. The van der Waals surface area contributed by atoms with E-state index in [0.717, 1.165) is 22.0 Å². The van der Waals surface area contributed by atoms with Crippen molar-refractivity contribution in [3.8, 4) is 0 Å². The fourth-order valence-electron chi connectivity index (χ4n) is 1.45. The van der Waals surface area contributed by atoms with Crippen LogP contribution in [0.15, 0.2) is 29.1 Å². The molecule has 1 aromatic carbocycles. The number of fused-ring (bicyclic) bond motifs is 1. The van der Waals surface area contributed by atoms with Crippen molar-refractivity contribution in [2.45, 2.75) is 12.8 Å². The van der Waals surface area contributed by atoms with Crippen molar-refractivity contribution < 1.29 is 0 Å². The number of pyridine rings is 1. The molecule has 0 spiro atoms. The summed E-state index contributed by atoms with van der Waals surface area (Å²) in [4.78, 5) is 14.1. The molecule has 0 radical (unpaired) electrons. The minimum atomic E-state index is -0.0314. The lowest BCUT2D eigenvalue weighted by Gasteiger charge is -2.01. The second-order valence-corrected chi connectivity index (χ2v) is 3.60. The molecule has 0 fully saturated rings. The largest absolute Gasteiger partial charge is 0.322 e. The van der Waals surface area contributed by atoms with Crippen LogP contribution >= 0.6 is 11.6 Å². The Morgan fingerprint density at radius 2 is 2.14 bits per heavy atom. The number of hydrogen-bond acceptors (Lipinski definition) is 1. The lowest BCUT2D eigenvalue weighted by Crippen LogP contribution is -2.08. The van der Waals surface area contributed by atoms with E-state index in [0.29, 0.717) is 5.88 Å². The summed E-state index contributed by atoms with van der Waals surface area (Å²) < 4.78 is 0. The molecule has 14 heavy (non-hydrogen) atoms. The Bertz CT molecular complexity index is 530. The molecule has 2 aromatic rings. The van der Waals surface area contributed by atoms with Gasteiger partial charge in [0.25, 0.3) is 5.56 Å². The molecule has 2 rings (SSSR count). The third-order valence-corrected chi connectivity index (χ3v) is 2.56. The Labute approximate surface area is 86.5 Å². The highest BCUT2D eigenvalue weighted by Crippen LogP contribution is 2.14. The van der Waals surface area contributed by atoms with Crippen LogP contribution in [-0.4, -0.2) is 4.98 Å². The standard InChI is InChI=1S/C11H10ClNO/c1-7-4-9-5-8(6-12)2-3-10(9)13-11(7)14/h2-5H,6H2,1H3,(H,13,14). The van der Waals surface area contributed by atoms with E-state index in [9.17, 15) is 4.79 Å². The van der Waals surface area contributed by atoms with Crippen molar-refractivity contribution in [1.29, 1.82) is 0 Å². The summed E-state index contributed by atoms with van der Waals surface area (Å²) in [6, 6.07) is 7.67. The Hall–Kier alpha value is -1.28. The molecule has 0 unspecified atom stereocenters. The van der Waals surface area contributed by atoms with Crippen molar-refractivity contribution in [3.63, 3.8) is 0 Å². The SMILES string of the molecule is Cc1cc2cc(CCl)ccc2[nH]c1=O. The zero-order chi connectivity index (χ0) is 10.1. The van der Waals surface area contributed by atoms with Crippen molar-refractivity contribution in [1.82, 2.24) is 4.98 Å². The van der Waals surface area contributed by atoms with Gasteiger partial charge in [0.1, 0.15) is 0 Å². The van der Waals surface area contributed by atoms with Crippen LogP contribution in [0.5, 0.6) is 0 Å². The van der Waals surface area contributed by atoms with Gasteiger partial charge in [-0.25, -0.2) is 0 Å². The number of nitrogens with one attached hydrogen (secondary N) is 1. The molecular formula is C11H10ClNO. The highest BCUT2D eigenvalue weighted by molar-refractivity contribution is 6.17. The average Bonchev–Trinajstić information content (AvgIpc) is 2.19. The van der Waals surface area contributed by atoms with Gasteiger partial charge in [0, 0.05) is 17.0 Å². The molecule has 0 aliphatic carbocycles. The topological polar surface area (TPSA) is 32.9 Å². The van der Waals surface area contributed by atoms with Gasteiger partial charge in [0.05, 0.1) is 0 Å². The Morgan fingerprint density at radius 3 is 2.86 bits per heavy atom. The van der Waals surface area contributed by atoms with Gasteiger partial charge in [-0.15, -0.1) is 11.6 Å². The fraction of sp³-hybridized carbons (Fsp3) is 0.182. The molecule has 1 aromatic heterocycles. The van der Waals surface area contributed by atoms with E-state index in [1.165, 1.54) is 0 Å². The zero-order valence-corrected chi connectivity index (χ0v) is 8.56. The van der Waals surface area contributed by atoms with Crippen LogP contribution < -0.4 is 5.56 Å². The van der Waals surface area contributed by atoms with Crippen molar-refractivity contribution in [2.24, 2.45) is 0 Å². The Morgan fingerprint density at radius 1 is 1.36 bits per heavy atom. The summed E-state index contributed by atoms with van der Waals surface area (Å²) in [5, 5.41) is 1.03. The monoisotopic (exact) mass is 207 g/mol. The van der Waals surface area contributed by atoms with Gasteiger partial charge >= 0.3 is 0 Å². The third-order valence-electron chi connectivity index (χ3n) is 2.25. The van der Waals surface area contributed by atoms with Crippen LogP contribution in [0.2, 0.25) is 0 Å². The number of alkyl halides is 1. The van der Waals surface area contributed by atoms with Gasteiger partial charge in [0.2, 0.25) is 0 Å². The van der Waals surface area contributed by atoms with Crippen LogP contribution in [0.25, 0.3) is 10.9 Å². The first-order valence-corrected chi connectivity index (χ1v) is 4.92. The van der Waals surface area contributed by atoms with Crippen molar-refractivity contribution in [3.05, 3.63) is 45.7 Å². The lowest BCUT2D eigenvalue weighted by atomic mass is 10.1. The molecule has 0 saturated heterocycles. The molecule has 3 heteroatoms. The third kappa shape index (κ3) is 1.53. The Balaban J connectivity index is 2.77. The van der Waals surface area contributed by atoms with Crippen molar-refractivity contribution >= 4 is 22.5 Å². The average molecular weight is 208 g/mol. The number of hydrogen-bond donors (Lipinski definition) is 1. The molecular weight excluding hydrogens is 198 g/mol.